The second kappa shape index (κ2) is 5.16. The van der Waals surface area contributed by atoms with Crippen LogP contribution in [0.5, 0.6) is 0 Å². The van der Waals surface area contributed by atoms with E-state index < -0.39 is 0 Å². The highest BCUT2D eigenvalue weighted by Gasteiger charge is 2.20. The van der Waals surface area contributed by atoms with Crippen molar-refractivity contribution in [2.24, 2.45) is 11.3 Å². The molecule has 1 aliphatic carbocycles. The zero-order valence-corrected chi connectivity index (χ0v) is 10.4. The molecule has 1 aliphatic rings. The third-order valence-corrected chi connectivity index (χ3v) is 3.39. The van der Waals surface area contributed by atoms with Gasteiger partial charge in [-0.15, -0.1) is 0 Å². The molecule has 0 aromatic carbocycles. The molecule has 0 radical (unpaired) electrons. The molecular formula is C13H27N. The summed E-state index contributed by atoms with van der Waals surface area (Å²) >= 11 is 0. The van der Waals surface area contributed by atoms with Gasteiger partial charge in [0.2, 0.25) is 0 Å². The smallest absolute Gasteiger partial charge is 0.00926 e. The van der Waals surface area contributed by atoms with Gasteiger partial charge in [-0.3, -0.25) is 0 Å². The maximum absolute atomic E-state index is 3.73. The number of hydrogen-bond acceptors (Lipinski definition) is 1. The lowest BCUT2D eigenvalue weighted by atomic mass is 9.85. The van der Waals surface area contributed by atoms with E-state index >= 15 is 0 Å². The molecule has 0 aliphatic heterocycles. The summed E-state index contributed by atoms with van der Waals surface area (Å²) in [6.07, 6.45) is 6.98. The third-order valence-electron chi connectivity index (χ3n) is 3.39. The molecule has 1 nitrogen and oxygen atoms in total. The van der Waals surface area contributed by atoms with Crippen LogP contribution in [0, 0.1) is 11.3 Å². The van der Waals surface area contributed by atoms with Crippen molar-refractivity contribution in [2.45, 2.75) is 65.8 Å². The zero-order valence-electron chi connectivity index (χ0n) is 10.4. The molecule has 0 spiro atoms. The van der Waals surface area contributed by atoms with Gasteiger partial charge in [-0.25, -0.2) is 0 Å². The molecule has 0 aromatic rings. The molecule has 1 saturated carbocycles. The Balaban J connectivity index is 2.17. The average molecular weight is 197 g/mol. The molecular weight excluding hydrogens is 170 g/mol. The standard InChI is InChI=1S/C13H27N/c1-11-7-5-6-8-12(11)14-10-9-13(2,3)4/h11-12,14H,5-10H2,1-4H3. The Morgan fingerprint density at radius 2 is 1.79 bits per heavy atom. The van der Waals surface area contributed by atoms with Gasteiger partial charge in [-0.05, 0) is 37.1 Å². The number of rotatable bonds is 3. The quantitative estimate of drug-likeness (QED) is 0.729. The van der Waals surface area contributed by atoms with Crippen molar-refractivity contribution in [3.05, 3.63) is 0 Å². The monoisotopic (exact) mass is 197 g/mol. The summed E-state index contributed by atoms with van der Waals surface area (Å²) in [5.41, 5.74) is 0.477. The summed E-state index contributed by atoms with van der Waals surface area (Å²) in [6.45, 7) is 10.5. The van der Waals surface area contributed by atoms with E-state index in [1.165, 1.54) is 38.6 Å². The molecule has 0 amide bonds. The highest BCUT2D eigenvalue weighted by molar-refractivity contribution is 4.78. The van der Waals surface area contributed by atoms with Crippen molar-refractivity contribution in [1.29, 1.82) is 0 Å². The minimum atomic E-state index is 0.477. The first-order valence-electron chi connectivity index (χ1n) is 6.22. The number of nitrogens with one attached hydrogen (secondary N) is 1. The first-order chi connectivity index (χ1) is 6.49. The van der Waals surface area contributed by atoms with Crippen LogP contribution in [0.1, 0.15) is 59.8 Å². The van der Waals surface area contributed by atoms with E-state index in [-0.39, 0.29) is 0 Å². The summed E-state index contributed by atoms with van der Waals surface area (Å²) in [5, 5.41) is 3.73. The molecule has 84 valence electrons. The van der Waals surface area contributed by atoms with Gasteiger partial charge in [-0.2, -0.15) is 0 Å². The fourth-order valence-electron chi connectivity index (χ4n) is 2.25. The van der Waals surface area contributed by atoms with Crippen LogP contribution < -0.4 is 5.32 Å². The fraction of sp³-hybridized carbons (Fsp3) is 1.00. The van der Waals surface area contributed by atoms with E-state index in [0.29, 0.717) is 5.41 Å². The van der Waals surface area contributed by atoms with Crippen LogP contribution in [0.4, 0.5) is 0 Å². The molecule has 0 heterocycles. The normalized spacial score (nSPS) is 29.1. The molecule has 0 aromatic heterocycles. The molecule has 1 heteroatoms. The van der Waals surface area contributed by atoms with Crippen LogP contribution in [0.15, 0.2) is 0 Å². The Hall–Kier alpha value is -0.0400. The van der Waals surface area contributed by atoms with Gasteiger partial charge in [0.25, 0.3) is 0 Å². The maximum atomic E-state index is 3.73. The molecule has 2 atom stereocenters. The van der Waals surface area contributed by atoms with E-state index in [1.54, 1.807) is 0 Å². The van der Waals surface area contributed by atoms with Gasteiger partial charge in [0, 0.05) is 6.04 Å². The third kappa shape index (κ3) is 4.45. The van der Waals surface area contributed by atoms with E-state index in [2.05, 4.69) is 33.0 Å². The highest BCUT2D eigenvalue weighted by Crippen LogP contribution is 2.24. The largest absolute Gasteiger partial charge is 0.314 e. The van der Waals surface area contributed by atoms with E-state index in [0.717, 1.165) is 12.0 Å². The summed E-state index contributed by atoms with van der Waals surface area (Å²) in [5.74, 6) is 0.892. The van der Waals surface area contributed by atoms with Crippen molar-refractivity contribution in [2.75, 3.05) is 6.54 Å². The molecule has 0 saturated heterocycles. The Bertz CT molecular complexity index is 157. The van der Waals surface area contributed by atoms with Gasteiger partial charge in [0.05, 0.1) is 0 Å². The minimum absolute atomic E-state index is 0.477. The van der Waals surface area contributed by atoms with E-state index in [4.69, 9.17) is 0 Å². The summed E-state index contributed by atoms with van der Waals surface area (Å²) in [4.78, 5) is 0. The zero-order chi connectivity index (χ0) is 10.6. The Morgan fingerprint density at radius 3 is 2.36 bits per heavy atom. The van der Waals surface area contributed by atoms with Crippen LogP contribution in [0.3, 0.4) is 0 Å². The first kappa shape index (κ1) is 12.0. The maximum Gasteiger partial charge on any atom is 0.00926 e. The van der Waals surface area contributed by atoms with Gasteiger partial charge in [0.1, 0.15) is 0 Å². The summed E-state index contributed by atoms with van der Waals surface area (Å²) in [7, 11) is 0. The lowest BCUT2D eigenvalue weighted by molar-refractivity contribution is 0.264. The summed E-state index contributed by atoms with van der Waals surface area (Å²) < 4.78 is 0. The average Bonchev–Trinajstić information content (AvgIpc) is 2.06. The van der Waals surface area contributed by atoms with Crippen LogP contribution in [0.2, 0.25) is 0 Å². The molecule has 0 bridgehead atoms. The molecule has 1 N–H and O–H groups in total. The summed E-state index contributed by atoms with van der Waals surface area (Å²) in [6, 6.07) is 0.797. The predicted molar refractivity (Wildman–Crippen MR) is 63.5 cm³/mol. The highest BCUT2D eigenvalue weighted by atomic mass is 14.9. The molecule has 2 unspecified atom stereocenters. The van der Waals surface area contributed by atoms with Gasteiger partial charge >= 0.3 is 0 Å². The minimum Gasteiger partial charge on any atom is -0.314 e. The fourth-order valence-corrected chi connectivity index (χ4v) is 2.25. The van der Waals surface area contributed by atoms with Crippen LogP contribution in [-0.2, 0) is 0 Å². The second-order valence-electron chi connectivity index (χ2n) is 6.13. The molecule has 14 heavy (non-hydrogen) atoms. The Kier molecular flexibility index (Phi) is 4.43. The lowest BCUT2D eigenvalue weighted by Gasteiger charge is -2.30. The van der Waals surface area contributed by atoms with Crippen molar-refractivity contribution < 1.29 is 0 Å². The van der Waals surface area contributed by atoms with Crippen LogP contribution in [-0.4, -0.2) is 12.6 Å². The second-order valence-corrected chi connectivity index (χ2v) is 6.13. The van der Waals surface area contributed by atoms with Crippen LogP contribution in [0.25, 0.3) is 0 Å². The Labute approximate surface area is 89.7 Å². The van der Waals surface area contributed by atoms with Gasteiger partial charge in [0.15, 0.2) is 0 Å². The first-order valence-corrected chi connectivity index (χ1v) is 6.22. The van der Waals surface area contributed by atoms with Gasteiger partial charge < -0.3 is 5.32 Å². The predicted octanol–water partition coefficient (Wildman–Crippen LogP) is 3.59. The van der Waals surface area contributed by atoms with Crippen LogP contribution >= 0.6 is 0 Å². The van der Waals surface area contributed by atoms with E-state index in [9.17, 15) is 0 Å². The Morgan fingerprint density at radius 1 is 1.14 bits per heavy atom. The van der Waals surface area contributed by atoms with Crippen molar-refractivity contribution in [3.63, 3.8) is 0 Å². The SMILES string of the molecule is CC1CCCCC1NCCC(C)(C)C. The van der Waals surface area contributed by atoms with Crippen molar-refractivity contribution in [3.8, 4) is 0 Å². The van der Waals surface area contributed by atoms with E-state index in [1.807, 2.05) is 0 Å². The van der Waals surface area contributed by atoms with Crippen molar-refractivity contribution in [1.82, 2.24) is 5.32 Å². The lowest BCUT2D eigenvalue weighted by Crippen LogP contribution is -2.38. The molecule has 1 fully saturated rings. The molecule has 1 rings (SSSR count). The number of hydrogen-bond donors (Lipinski definition) is 1. The van der Waals surface area contributed by atoms with Gasteiger partial charge in [-0.1, -0.05) is 40.5 Å². The topological polar surface area (TPSA) is 12.0 Å². The van der Waals surface area contributed by atoms with Crippen molar-refractivity contribution >= 4 is 0 Å².